The number of nitrogens with zero attached hydrogens (tertiary/aromatic N) is 4. The van der Waals surface area contributed by atoms with Gasteiger partial charge in [-0.05, 0) is 68.0 Å². The predicted octanol–water partition coefficient (Wildman–Crippen LogP) is 4.58. The van der Waals surface area contributed by atoms with Crippen LogP contribution in [0.5, 0.6) is 0 Å². The van der Waals surface area contributed by atoms with Gasteiger partial charge in [0.15, 0.2) is 17.5 Å². The van der Waals surface area contributed by atoms with Gasteiger partial charge in [-0.3, -0.25) is 14.7 Å². The SMILES string of the molecule is Cc1ccn2ncc(C(=O)Nc3cc(C4CCCCN4C(=O)CCc4ccc(F)c(F)c4)[nH]n3)c2c1. The standard InChI is InChI=1S/C26H26F2N6O2/c1-16-9-11-34-23(12-16)18(15-29-34)26(36)30-24-14-21(31-32-24)22-4-2-3-10-33(22)25(35)8-6-17-5-7-19(27)20(28)13-17/h5,7,9,11-15,22H,2-4,6,8,10H2,1H3,(H2,30,31,32,36). The molecule has 2 amide bonds. The van der Waals surface area contributed by atoms with Crippen LogP contribution in [0.2, 0.25) is 0 Å². The van der Waals surface area contributed by atoms with Crippen molar-refractivity contribution in [1.29, 1.82) is 0 Å². The van der Waals surface area contributed by atoms with Gasteiger partial charge in [0.2, 0.25) is 5.91 Å². The lowest BCUT2D eigenvalue weighted by Gasteiger charge is -2.35. The summed E-state index contributed by atoms with van der Waals surface area (Å²) in [5.74, 6) is -1.84. The highest BCUT2D eigenvalue weighted by Crippen LogP contribution is 2.31. The van der Waals surface area contributed by atoms with Gasteiger partial charge in [-0.1, -0.05) is 6.07 Å². The molecule has 1 fully saturated rings. The molecule has 4 aromatic rings. The summed E-state index contributed by atoms with van der Waals surface area (Å²) in [7, 11) is 0. The number of H-pyrrole nitrogens is 1. The van der Waals surface area contributed by atoms with Crippen molar-refractivity contribution in [2.24, 2.45) is 0 Å². The van der Waals surface area contributed by atoms with Crippen molar-refractivity contribution in [2.75, 3.05) is 11.9 Å². The Hall–Kier alpha value is -4.08. The number of piperidine rings is 1. The maximum absolute atomic E-state index is 13.5. The second-order valence-corrected chi connectivity index (χ2v) is 9.10. The van der Waals surface area contributed by atoms with Crippen molar-refractivity contribution in [3.8, 4) is 0 Å². The Labute approximate surface area is 206 Å². The molecule has 3 aromatic heterocycles. The van der Waals surface area contributed by atoms with Gasteiger partial charge in [0, 0.05) is 25.2 Å². The summed E-state index contributed by atoms with van der Waals surface area (Å²) in [6, 6.07) is 9.06. The molecule has 8 nitrogen and oxygen atoms in total. The van der Waals surface area contributed by atoms with Crippen LogP contribution in [0.4, 0.5) is 14.6 Å². The van der Waals surface area contributed by atoms with Crippen molar-refractivity contribution >= 4 is 23.1 Å². The second-order valence-electron chi connectivity index (χ2n) is 9.10. The molecule has 1 atom stereocenters. The van der Waals surface area contributed by atoms with Crippen molar-refractivity contribution < 1.29 is 18.4 Å². The predicted molar refractivity (Wildman–Crippen MR) is 129 cm³/mol. The van der Waals surface area contributed by atoms with Crippen LogP contribution in [0, 0.1) is 18.6 Å². The molecule has 1 aliphatic heterocycles. The molecular formula is C26H26F2N6O2. The van der Waals surface area contributed by atoms with Crippen LogP contribution in [0.25, 0.3) is 5.52 Å². The molecule has 4 heterocycles. The lowest BCUT2D eigenvalue weighted by atomic mass is 9.98. The van der Waals surface area contributed by atoms with Crippen LogP contribution >= 0.6 is 0 Å². The molecule has 10 heteroatoms. The van der Waals surface area contributed by atoms with Gasteiger partial charge >= 0.3 is 0 Å². The third-order valence-corrected chi connectivity index (χ3v) is 6.55. The van der Waals surface area contributed by atoms with Crippen molar-refractivity contribution in [3.63, 3.8) is 0 Å². The van der Waals surface area contributed by atoms with E-state index in [0.29, 0.717) is 35.4 Å². The Bertz CT molecular complexity index is 1430. The molecule has 186 valence electrons. The normalized spacial score (nSPS) is 15.9. The van der Waals surface area contributed by atoms with Crippen molar-refractivity contribution in [3.05, 3.63) is 82.8 Å². The summed E-state index contributed by atoms with van der Waals surface area (Å²) >= 11 is 0. The maximum Gasteiger partial charge on any atom is 0.260 e. The van der Waals surface area contributed by atoms with E-state index >= 15 is 0 Å². The number of carbonyl (C=O) groups is 2. The number of hydrogen-bond donors (Lipinski definition) is 2. The number of benzene rings is 1. The molecule has 0 spiro atoms. The quantitative estimate of drug-likeness (QED) is 0.412. The fourth-order valence-electron chi connectivity index (χ4n) is 4.66. The van der Waals surface area contributed by atoms with Gasteiger partial charge in [0.25, 0.3) is 5.91 Å². The zero-order valence-corrected chi connectivity index (χ0v) is 19.8. The number of halogens is 2. The first kappa shape index (κ1) is 23.7. The lowest BCUT2D eigenvalue weighted by Crippen LogP contribution is -2.38. The lowest BCUT2D eigenvalue weighted by molar-refractivity contribution is -0.135. The maximum atomic E-state index is 13.5. The number of likely N-dealkylation sites (tertiary alicyclic amines) is 1. The number of anilines is 1. The number of aromatic nitrogens is 4. The molecule has 0 bridgehead atoms. The monoisotopic (exact) mass is 492 g/mol. The Morgan fingerprint density at radius 2 is 2.00 bits per heavy atom. The average molecular weight is 493 g/mol. The van der Waals surface area contributed by atoms with Gasteiger partial charge in [-0.25, -0.2) is 13.3 Å². The summed E-state index contributed by atoms with van der Waals surface area (Å²) in [5.41, 5.74) is 3.47. The van der Waals surface area contributed by atoms with E-state index in [0.717, 1.165) is 42.7 Å². The number of nitrogens with one attached hydrogen (secondary N) is 2. The largest absolute Gasteiger partial charge is 0.334 e. The summed E-state index contributed by atoms with van der Waals surface area (Å²) in [6.07, 6.45) is 6.44. The highest BCUT2D eigenvalue weighted by atomic mass is 19.2. The third-order valence-electron chi connectivity index (χ3n) is 6.55. The smallest absolute Gasteiger partial charge is 0.260 e. The van der Waals surface area contributed by atoms with Crippen LogP contribution in [-0.4, -0.2) is 43.1 Å². The summed E-state index contributed by atoms with van der Waals surface area (Å²) < 4.78 is 28.3. The topological polar surface area (TPSA) is 95.4 Å². The van der Waals surface area contributed by atoms with Gasteiger partial charge in [-0.15, -0.1) is 0 Å². The van der Waals surface area contributed by atoms with Gasteiger partial charge in [-0.2, -0.15) is 10.2 Å². The first-order valence-corrected chi connectivity index (χ1v) is 11.9. The van der Waals surface area contributed by atoms with Gasteiger partial charge < -0.3 is 10.2 Å². The van der Waals surface area contributed by atoms with Crippen LogP contribution in [0.3, 0.4) is 0 Å². The fraction of sp³-hybridized carbons (Fsp3) is 0.308. The van der Waals surface area contributed by atoms with Crippen LogP contribution in [0.1, 0.15) is 58.9 Å². The minimum Gasteiger partial charge on any atom is -0.334 e. The molecule has 1 unspecified atom stereocenters. The molecule has 0 saturated carbocycles. The van der Waals surface area contributed by atoms with E-state index in [2.05, 4.69) is 20.6 Å². The van der Waals surface area contributed by atoms with Crippen molar-refractivity contribution in [2.45, 2.75) is 45.1 Å². The number of fused-ring (bicyclic) bond motifs is 1. The Morgan fingerprint density at radius 1 is 1.14 bits per heavy atom. The molecule has 2 N–H and O–H groups in total. The van der Waals surface area contributed by atoms with Crippen LogP contribution in [-0.2, 0) is 11.2 Å². The minimum absolute atomic E-state index is 0.0636. The molecule has 1 saturated heterocycles. The third kappa shape index (κ3) is 4.84. The number of amides is 2. The fourth-order valence-corrected chi connectivity index (χ4v) is 4.66. The van der Waals surface area contributed by atoms with E-state index in [1.165, 1.54) is 12.3 Å². The van der Waals surface area contributed by atoms with E-state index < -0.39 is 11.6 Å². The van der Waals surface area contributed by atoms with Crippen LogP contribution in [0.15, 0.2) is 48.8 Å². The molecule has 1 aliphatic rings. The molecule has 0 radical (unpaired) electrons. The minimum atomic E-state index is -0.915. The van der Waals surface area contributed by atoms with E-state index in [1.807, 2.05) is 19.1 Å². The first-order chi connectivity index (χ1) is 17.4. The molecule has 5 rings (SSSR count). The zero-order valence-electron chi connectivity index (χ0n) is 19.8. The summed E-state index contributed by atoms with van der Waals surface area (Å²) in [5, 5.41) is 14.3. The Balaban J connectivity index is 1.27. The number of carbonyl (C=O) groups excluding carboxylic acids is 2. The highest BCUT2D eigenvalue weighted by molar-refractivity contribution is 6.08. The van der Waals surface area contributed by atoms with Gasteiger partial charge in [0.1, 0.15) is 0 Å². The Morgan fingerprint density at radius 3 is 2.83 bits per heavy atom. The Kier molecular flexibility index (Phi) is 6.49. The summed E-state index contributed by atoms with van der Waals surface area (Å²) in [6.45, 7) is 2.55. The molecule has 0 aliphatic carbocycles. The van der Waals surface area contributed by atoms with E-state index in [1.54, 1.807) is 21.7 Å². The average Bonchev–Trinajstić information content (AvgIpc) is 3.51. The number of aromatic amines is 1. The first-order valence-electron chi connectivity index (χ1n) is 11.9. The van der Waals surface area contributed by atoms with E-state index in [-0.39, 0.29) is 24.3 Å². The van der Waals surface area contributed by atoms with Gasteiger partial charge in [0.05, 0.1) is 29.0 Å². The molecule has 1 aromatic carbocycles. The van der Waals surface area contributed by atoms with Crippen molar-refractivity contribution in [1.82, 2.24) is 24.7 Å². The van der Waals surface area contributed by atoms with E-state index in [9.17, 15) is 18.4 Å². The van der Waals surface area contributed by atoms with E-state index in [4.69, 9.17) is 0 Å². The number of hydrogen-bond acceptors (Lipinski definition) is 4. The molecular weight excluding hydrogens is 466 g/mol. The number of rotatable bonds is 6. The van der Waals surface area contributed by atoms with Crippen LogP contribution < -0.4 is 5.32 Å². The molecule has 36 heavy (non-hydrogen) atoms. The summed E-state index contributed by atoms with van der Waals surface area (Å²) in [4.78, 5) is 27.7. The number of aryl methyl sites for hydroxylation is 2. The highest BCUT2D eigenvalue weighted by Gasteiger charge is 2.29. The number of pyridine rings is 1. The second kappa shape index (κ2) is 9.88. The zero-order chi connectivity index (χ0) is 25.2.